The smallest absolute Gasteiger partial charge is 0.124 e. The lowest BCUT2D eigenvalue weighted by Gasteiger charge is -2.24. The molecule has 0 aromatic heterocycles. The third-order valence-electron chi connectivity index (χ3n) is 3.55. The lowest BCUT2D eigenvalue weighted by atomic mass is 10.1. The molecule has 2 rings (SSSR count). The maximum atomic E-state index is 9.37. The van der Waals surface area contributed by atoms with Gasteiger partial charge in [0.05, 0.1) is 16.7 Å². The molecule has 24 heavy (non-hydrogen) atoms. The second-order valence-corrected chi connectivity index (χ2v) is 7.91. The first kappa shape index (κ1) is 19.5. The van der Waals surface area contributed by atoms with Crippen LogP contribution in [0.5, 0.6) is 5.75 Å². The summed E-state index contributed by atoms with van der Waals surface area (Å²) in [5.74, 6) is 0.783. The van der Waals surface area contributed by atoms with E-state index >= 15 is 0 Å². The molecule has 0 spiro atoms. The molecule has 2 aromatic carbocycles. The Hall–Kier alpha value is -0.780. The van der Waals surface area contributed by atoms with E-state index in [4.69, 9.17) is 27.9 Å². The van der Waals surface area contributed by atoms with E-state index < -0.39 is 0 Å². The topological polar surface area (TPSA) is 41.5 Å². The van der Waals surface area contributed by atoms with E-state index in [1.165, 1.54) is 0 Å². The molecule has 0 fully saturated rings. The fourth-order valence-electron chi connectivity index (χ4n) is 2.01. The zero-order valence-corrected chi connectivity index (χ0v) is 16.7. The number of ether oxygens (including phenoxy) is 1. The van der Waals surface area contributed by atoms with Crippen molar-refractivity contribution < 1.29 is 9.84 Å². The van der Waals surface area contributed by atoms with E-state index in [1.54, 1.807) is 12.1 Å². The van der Waals surface area contributed by atoms with Crippen LogP contribution in [-0.4, -0.2) is 17.3 Å². The van der Waals surface area contributed by atoms with E-state index in [1.807, 2.05) is 38.1 Å². The van der Waals surface area contributed by atoms with Gasteiger partial charge in [0.25, 0.3) is 0 Å². The number of halogens is 3. The van der Waals surface area contributed by atoms with Gasteiger partial charge in [-0.05, 0) is 49.7 Å². The molecule has 0 saturated heterocycles. The van der Waals surface area contributed by atoms with Crippen molar-refractivity contribution in [3.05, 3.63) is 62.0 Å². The number of aliphatic hydroxyl groups is 1. The predicted octanol–water partition coefficient (Wildman–Crippen LogP) is 5.20. The van der Waals surface area contributed by atoms with Crippen LogP contribution in [0.1, 0.15) is 25.0 Å². The van der Waals surface area contributed by atoms with Gasteiger partial charge in [-0.25, -0.2) is 0 Å². The Kier molecular flexibility index (Phi) is 6.96. The SMILES string of the molecule is CC(C)(CO)NCc1cc(Br)ccc1OCc1ccc(Cl)c(Cl)c1. The lowest BCUT2D eigenvalue weighted by Crippen LogP contribution is -2.42. The summed E-state index contributed by atoms with van der Waals surface area (Å²) in [6.07, 6.45) is 0. The highest BCUT2D eigenvalue weighted by Gasteiger charge is 2.16. The average Bonchev–Trinajstić information content (AvgIpc) is 2.55. The van der Waals surface area contributed by atoms with Gasteiger partial charge >= 0.3 is 0 Å². The van der Waals surface area contributed by atoms with Crippen LogP contribution in [-0.2, 0) is 13.2 Å². The van der Waals surface area contributed by atoms with Gasteiger partial charge in [0.15, 0.2) is 0 Å². The molecule has 0 unspecified atom stereocenters. The molecule has 0 atom stereocenters. The van der Waals surface area contributed by atoms with Gasteiger partial charge < -0.3 is 15.2 Å². The minimum absolute atomic E-state index is 0.0560. The Labute approximate surface area is 161 Å². The van der Waals surface area contributed by atoms with Crippen molar-refractivity contribution in [2.45, 2.75) is 32.5 Å². The Morgan fingerprint density at radius 3 is 2.54 bits per heavy atom. The second kappa shape index (κ2) is 8.54. The van der Waals surface area contributed by atoms with E-state index in [0.29, 0.717) is 23.2 Å². The van der Waals surface area contributed by atoms with Crippen molar-refractivity contribution in [3.63, 3.8) is 0 Å². The van der Waals surface area contributed by atoms with Crippen molar-refractivity contribution in [2.75, 3.05) is 6.61 Å². The highest BCUT2D eigenvalue weighted by atomic mass is 79.9. The average molecular weight is 433 g/mol. The van der Waals surface area contributed by atoms with Gasteiger partial charge in [0, 0.05) is 22.1 Å². The zero-order chi connectivity index (χ0) is 17.7. The van der Waals surface area contributed by atoms with Crippen LogP contribution in [0.25, 0.3) is 0 Å². The summed E-state index contributed by atoms with van der Waals surface area (Å²) in [6.45, 7) is 4.93. The number of aliphatic hydroxyl groups excluding tert-OH is 1. The van der Waals surface area contributed by atoms with Gasteiger partial charge in [-0.1, -0.05) is 45.2 Å². The maximum Gasteiger partial charge on any atom is 0.124 e. The third kappa shape index (κ3) is 5.64. The highest BCUT2D eigenvalue weighted by Crippen LogP contribution is 2.26. The Bertz CT molecular complexity index is 707. The number of hydrogen-bond acceptors (Lipinski definition) is 3. The first-order valence-corrected chi connectivity index (χ1v) is 9.07. The van der Waals surface area contributed by atoms with Gasteiger partial charge in [-0.3, -0.25) is 0 Å². The first-order chi connectivity index (χ1) is 11.3. The van der Waals surface area contributed by atoms with E-state index in [-0.39, 0.29) is 12.1 Å². The lowest BCUT2D eigenvalue weighted by molar-refractivity contribution is 0.186. The molecule has 0 aliphatic carbocycles. The van der Waals surface area contributed by atoms with Gasteiger partial charge in [-0.15, -0.1) is 0 Å². The molecule has 0 amide bonds. The van der Waals surface area contributed by atoms with Crippen molar-refractivity contribution in [1.82, 2.24) is 5.32 Å². The molecule has 6 heteroatoms. The van der Waals surface area contributed by atoms with Gasteiger partial charge in [-0.2, -0.15) is 0 Å². The van der Waals surface area contributed by atoms with Gasteiger partial charge in [0.1, 0.15) is 12.4 Å². The third-order valence-corrected chi connectivity index (χ3v) is 4.79. The molecule has 0 radical (unpaired) electrons. The van der Waals surface area contributed by atoms with E-state index in [2.05, 4.69) is 21.2 Å². The molecule has 0 heterocycles. The number of nitrogens with one attached hydrogen (secondary N) is 1. The molecule has 2 N–H and O–H groups in total. The predicted molar refractivity (Wildman–Crippen MR) is 103 cm³/mol. The van der Waals surface area contributed by atoms with Crippen molar-refractivity contribution in [3.8, 4) is 5.75 Å². The summed E-state index contributed by atoms with van der Waals surface area (Å²) in [6, 6.07) is 11.3. The van der Waals surface area contributed by atoms with Crippen LogP contribution in [0.4, 0.5) is 0 Å². The number of hydrogen-bond donors (Lipinski definition) is 2. The number of benzene rings is 2. The minimum Gasteiger partial charge on any atom is -0.489 e. The summed E-state index contributed by atoms with van der Waals surface area (Å²) in [5, 5.41) is 13.7. The molecular weight excluding hydrogens is 413 g/mol. The maximum absolute atomic E-state index is 9.37. The molecule has 0 saturated carbocycles. The minimum atomic E-state index is -0.358. The summed E-state index contributed by atoms with van der Waals surface area (Å²) < 4.78 is 6.92. The fourth-order valence-corrected chi connectivity index (χ4v) is 2.74. The fraction of sp³-hybridized carbons (Fsp3) is 0.333. The Morgan fingerprint density at radius 2 is 1.88 bits per heavy atom. The highest BCUT2D eigenvalue weighted by molar-refractivity contribution is 9.10. The van der Waals surface area contributed by atoms with Crippen LogP contribution in [0.3, 0.4) is 0 Å². The Morgan fingerprint density at radius 1 is 1.12 bits per heavy atom. The molecular formula is C18H20BrCl2NO2. The molecule has 0 bridgehead atoms. The first-order valence-electron chi connectivity index (χ1n) is 7.52. The van der Waals surface area contributed by atoms with E-state index in [0.717, 1.165) is 21.3 Å². The van der Waals surface area contributed by atoms with Crippen LogP contribution >= 0.6 is 39.1 Å². The normalized spacial score (nSPS) is 11.6. The summed E-state index contributed by atoms with van der Waals surface area (Å²) in [7, 11) is 0. The van der Waals surface area contributed by atoms with E-state index in [9.17, 15) is 5.11 Å². The number of rotatable bonds is 7. The molecule has 2 aromatic rings. The van der Waals surface area contributed by atoms with Crippen LogP contribution in [0.15, 0.2) is 40.9 Å². The van der Waals surface area contributed by atoms with Crippen LogP contribution in [0.2, 0.25) is 10.0 Å². The quantitative estimate of drug-likeness (QED) is 0.632. The molecule has 0 aliphatic rings. The second-order valence-electron chi connectivity index (χ2n) is 6.18. The largest absolute Gasteiger partial charge is 0.489 e. The monoisotopic (exact) mass is 431 g/mol. The molecule has 0 aliphatic heterocycles. The van der Waals surface area contributed by atoms with Crippen LogP contribution in [0, 0.1) is 0 Å². The summed E-state index contributed by atoms with van der Waals surface area (Å²) in [4.78, 5) is 0. The van der Waals surface area contributed by atoms with Crippen molar-refractivity contribution >= 4 is 39.1 Å². The molecule has 3 nitrogen and oxygen atoms in total. The standard InChI is InChI=1S/C18H20BrCl2NO2/c1-18(2,11-23)22-9-13-8-14(19)4-6-17(13)24-10-12-3-5-15(20)16(21)7-12/h3-8,22-23H,9-11H2,1-2H3. The molecule has 130 valence electrons. The van der Waals surface area contributed by atoms with Crippen molar-refractivity contribution in [1.29, 1.82) is 0 Å². The summed E-state index contributed by atoms with van der Waals surface area (Å²) >= 11 is 15.5. The summed E-state index contributed by atoms with van der Waals surface area (Å²) in [5.41, 5.74) is 1.59. The van der Waals surface area contributed by atoms with Crippen molar-refractivity contribution in [2.24, 2.45) is 0 Å². The zero-order valence-electron chi connectivity index (χ0n) is 13.6. The Balaban J connectivity index is 2.10. The van der Waals surface area contributed by atoms with Gasteiger partial charge in [0.2, 0.25) is 0 Å². The van der Waals surface area contributed by atoms with Crippen LogP contribution < -0.4 is 10.1 Å².